The van der Waals surface area contributed by atoms with E-state index in [2.05, 4.69) is 15.5 Å². The second-order valence-corrected chi connectivity index (χ2v) is 5.42. The number of hydrogen-bond acceptors (Lipinski definition) is 7. The van der Waals surface area contributed by atoms with Gasteiger partial charge < -0.3 is 30.5 Å². The zero-order chi connectivity index (χ0) is 17.9. The van der Waals surface area contributed by atoms with Crippen LogP contribution in [0.4, 0.5) is 0 Å². The molecule has 10 nitrogen and oxygen atoms in total. The number of carboxylic acid groups (broad SMARTS) is 1. The Morgan fingerprint density at radius 2 is 2.17 bits per heavy atom. The fourth-order valence-corrected chi connectivity index (χ4v) is 2.60. The van der Waals surface area contributed by atoms with Crippen molar-refractivity contribution in [2.24, 2.45) is 0 Å². The Morgan fingerprint density at radius 1 is 1.46 bits per heavy atom. The molecule has 0 aliphatic carbocycles. The van der Waals surface area contributed by atoms with Crippen LogP contribution >= 0.6 is 0 Å². The molecule has 2 unspecified atom stereocenters. The molecule has 2 heterocycles. The lowest BCUT2D eigenvalue weighted by atomic mass is 9.85. The Morgan fingerprint density at radius 3 is 2.67 bits per heavy atom. The first-order valence-electron chi connectivity index (χ1n) is 7.20. The van der Waals surface area contributed by atoms with Crippen LogP contribution in [0.3, 0.4) is 0 Å². The number of carbonyl (C=O) groups is 2. The molecular weight excluding hydrogens is 322 g/mol. The number of amides is 1. The van der Waals surface area contributed by atoms with E-state index in [1.54, 1.807) is 6.07 Å². The van der Waals surface area contributed by atoms with Crippen LogP contribution in [0, 0.1) is 0 Å². The van der Waals surface area contributed by atoms with Gasteiger partial charge in [0.25, 0.3) is 0 Å². The lowest BCUT2D eigenvalue weighted by molar-refractivity contribution is -0.146. The second-order valence-electron chi connectivity index (χ2n) is 5.42. The topological polar surface area (TPSA) is 165 Å². The maximum atomic E-state index is 11.5. The molecule has 1 aliphatic heterocycles. The van der Waals surface area contributed by atoms with Gasteiger partial charge in [0.1, 0.15) is 18.3 Å². The first-order chi connectivity index (χ1) is 11.3. The van der Waals surface area contributed by atoms with E-state index in [1.807, 2.05) is 0 Å². The molecule has 1 aromatic rings. The van der Waals surface area contributed by atoms with Gasteiger partial charge in [-0.3, -0.25) is 9.89 Å². The van der Waals surface area contributed by atoms with E-state index in [1.165, 1.54) is 19.2 Å². The minimum atomic E-state index is -1.62. The molecule has 0 bridgehead atoms. The highest BCUT2D eigenvalue weighted by atomic mass is 16.5. The number of ether oxygens (including phenoxy) is 1. The normalized spacial score (nSPS) is 26.0. The number of carboxylic acids is 1. The molecule has 5 atom stereocenters. The van der Waals surface area contributed by atoms with Crippen molar-refractivity contribution in [1.82, 2.24) is 15.5 Å². The number of H-pyrrole nitrogens is 1. The van der Waals surface area contributed by atoms with E-state index in [0.29, 0.717) is 5.69 Å². The summed E-state index contributed by atoms with van der Waals surface area (Å²) in [6.45, 7) is 0.501. The molecule has 24 heavy (non-hydrogen) atoms. The number of aliphatic carboxylic acids is 1. The number of aliphatic hydroxyl groups excluding tert-OH is 3. The molecular formula is C14H19N3O7. The Hall–Kier alpha value is -2.43. The van der Waals surface area contributed by atoms with Crippen molar-refractivity contribution in [3.63, 3.8) is 0 Å². The number of aliphatic hydroxyl groups is 3. The predicted octanol–water partition coefficient (Wildman–Crippen LogP) is -1.92. The highest BCUT2D eigenvalue weighted by Gasteiger charge is 2.44. The van der Waals surface area contributed by atoms with Crippen LogP contribution in [0.1, 0.15) is 18.5 Å². The van der Waals surface area contributed by atoms with Gasteiger partial charge in [-0.2, -0.15) is 5.10 Å². The van der Waals surface area contributed by atoms with Crippen molar-refractivity contribution in [3.05, 3.63) is 29.8 Å². The average Bonchev–Trinajstić information content (AvgIpc) is 3.07. The standard InChI is InChI=1S/C14H19N3O7/c1-6(19)16-11-7(8-2-3-15-17-8)4-10(14(22)23)24-13(11)12(21)9(20)5-18/h2-4,7,9,11-13,18,20-21H,5H2,1H3,(H,15,17)(H,16,19)(H,22,23)/t7?,9-,11+,12-,13?/m1/s1. The van der Waals surface area contributed by atoms with Crippen molar-refractivity contribution in [1.29, 1.82) is 0 Å². The first-order valence-corrected chi connectivity index (χ1v) is 7.20. The van der Waals surface area contributed by atoms with Crippen molar-refractivity contribution < 1.29 is 34.8 Å². The third-order valence-electron chi connectivity index (χ3n) is 3.71. The highest BCUT2D eigenvalue weighted by molar-refractivity contribution is 5.85. The lowest BCUT2D eigenvalue weighted by Gasteiger charge is -2.39. The monoisotopic (exact) mass is 341 g/mol. The first kappa shape index (κ1) is 17.9. The van der Waals surface area contributed by atoms with E-state index in [9.17, 15) is 24.9 Å². The van der Waals surface area contributed by atoms with E-state index in [0.717, 1.165) is 0 Å². The van der Waals surface area contributed by atoms with Crippen LogP contribution in [-0.4, -0.2) is 73.5 Å². The molecule has 2 rings (SSSR count). The number of hydrogen-bond donors (Lipinski definition) is 6. The van der Waals surface area contributed by atoms with Gasteiger partial charge in [0.15, 0.2) is 0 Å². The number of nitrogens with one attached hydrogen (secondary N) is 2. The van der Waals surface area contributed by atoms with Gasteiger partial charge in [-0.25, -0.2) is 4.79 Å². The number of aromatic nitrogens is 2. The SMILES string of the molecule is CC(=O)N[C@H]1C(c2ccn[nH]2)C=C(C(=O)O)OC1[C@H](O)[C@H](O)CO. The van der Waals surface area contributed by atoms with Crippen molar-refractivity contribution in [3.8, 4) is 0 Å². The van der Waals surface area contributed by atoms with Crippen LogP contribution < -0.4 is 5.32 Å². The summed E-state index contributed by atoms with van der Waals surface area (Å²) in [6.07, 6.45) is -1.74. The van der Waals surface area contributed by atoms with Gasteiger partial charge >= 0.3 is 5.97 Å². The van der Waals surface area contributed by atoms with Crippen LogP contribution in [0.15, 0.2) is 24.1 Å². The predicted molar refractivity (Wildman–Crippen MR) is 78.6 cm³/mol. The summed E-state index contributed by atoms with van der Waals surface area (Å²) in [4.78, 5) is 22.8. The Labute approximate surface area is 136 Å². The van der Waals surface area contributed by atoms with Crippen molar-refractivity contribution in [2.75, 3.05) is 6.61 Å². The van der Waals surface area contributed by atoms with Crippen LogP contribution in [-0.2, 0) is 14.3 Å². The Balaban J connectivity index is 2.45. The van der Waals surface area contributed by atoms with Gasteiger partial charge in [0, 0.05) is 24.7 Å². The molecule has 1 amide bonds. The number of carbonyl (C=O) groups excluding carboxylic acids is 1. The molecule has 10 heteroatoms. The summed E-state index contributed by atoms with van der Waals surface area (Å²) in [6, 6.07) is 0.703. The van der Waals surface area contributed by atoms with Crippen LogP contribution in [0.2, 0.25) is 0 Å². The lowest BCUT2D eigenvalue weighted by Crippen LogP contribution is -2.57. The molecule has 0 radical (unpaired) electrons. The molecule has 0 saturated carbocycles. The number of aromatic amines is 1. The summed E-state index contributed by atoms with van der Waals surface area (Å²) >= 11 is 0. The van der Waals surface area contributed by atoms with E-state index in [4.69, 9.17) is 9.84 Å². The molecule has 0 fully saturated rings. The van der Waals surface area contributed by atoms with Crippen molar-refractivity contribution in [2.45, 2.75) is 37.2 Å². The molecule has 1 aromatic heterocycles. The maximum Gasteiger partial charge on any atom is 0.370 e. The molecule has 0 aromatic carbocycles. The fraction of sp³-hybridized carbons (Fsp3) is 0.500. The molecule has 132 valence electrons. The number of nitrogens with zero attached hydrogens (tertiary/aromatic N) is 1. The van der Waals surface area contributed by atoms with Crippen LogP contribution in [0.5, 0.6) is 0 Å². The summed E-state index contributed by atoms with van der Waals surface area (Å²) in [5.41, 5.74) is 0.492. The molecule has 0 spiro atoms. The summed E-state index contributed by atoms with van der Waals surface area (Å²) in [5.74, 6) is -2.93. The quantitative estimate of drug-likeness (QED) is 0.348. The van der Waals surface area contributed by atoms with Crippen molar-refractivity contribution >= 4 is 11.9 Å². The summed E-state index contributed by atoms with van der Waals surface area (Å²) < 4.78 is 5.27. The smallest absolute Gasteiger partial charge is 0.370 e. The molecule has 6 N–H and O–H groups in total. The maximum absolute atomic E-state index is 11.5. The molecule has 0 saturated heterocycles. The largest absolute Gasteiger partial charge is 0.478 e. The third-order valence-corrected chi connectivity index (χ3v) is 3.71. The average molecular weight is 341 g/mol. The second kappa shape index (κ2) is 7.43. The minimum Gasteiger partial charge on any atom is -0.478 e. The zero-order valence-corrected chi connectivity index (χ0v) is 12.8. The minimum absolute atomic E-state index is 0.434. The Bertz CT molecular complexity index is 616. The fourth-order valence-electron chi connectivity index (χ4n) is 2.60. The van der Waals surface area contributed by atoms with E-state index >= 15 is 0 Å². The zero-order valence-electron chi connectivity index (χ0n) is 12.8. The van der Waals surface area contributed by atoms with Gasteiger partial charge in [-0.1, -0.05) is 0 Å². The van der Waals surface area contributed by atoms with Gasteiger partial charge in [-0.15, -0.1) is 0 Å². The Kier molecular flexibility index (Phi) is 5.54. The molecule has 1 aliphatic rings. The van der Waals surface area contributed by atoms with Gasteiger partial charge in [0.2, 0.25) is 11.7 Å². The van der Waals surface area contributed by atoms with Crippen LogP contribution in [0.25, 0.3) is 0 Å². The third kappa shape index (κ3) is 3.72. The summed E-state index contributed by atoms with van der Waals surface area (Å²) in [7, 11) is 0. The van der Waals surface area contributed by atoms with Gasteiger partial charge in [0.05, 0.1) is 12.6 Å². The van der Waals surface area contributed by atoms with E-state index < -0.39 is 54.5 Å². The number of rotatable bonds is 6. The van der Waals surface area contributed by atoms with Gasteiger partial charge in [-0.05, 0) is 12.1 Å². The van der Waals surface area contributed by atoms with E-state index in [-0.39, 0.29) is 0 Å². The summed E-state index contributed by atoms with van der Waals surface area (Å²) in [5, 5.41) is 47.2. The highest BCUT2D eigenvalue weighted by Crippen LogP contribution is 2.32.